The highest BCUT2D eigenvalue weighted by atomic mass is 35.5. The summed E-state index contributed by atoms with van der Waals surface area (Å²) in [5.41, 5.74) is 2.06. The molecule has 0 bridgehead atoms. The predicted molar refractivity (Wildman–Crippen MR) is 114 cm³/mol. The van der Waals surface area contributed by atoms with E-state index in [1.54, 1.807) is 12.1 Å². The van der Waals surface area contributed by atoms with Crippen molar-refractivity contribution in [2.45, 2.75) is 43.6 Å². The monoisotopic (exact) mass is 449 g/mol. The minimum atomic E-state index is -3.79. The highest BCUT2D eigenvalue weighted by Crippen LogP contribution is 2.41. The second-order valence-corrected chi connectivity index (χ2v) is 10.4. The number of aryl methyl sites for hydroxylation is 2. The second kappa shape index (κ2) is 7.55. The van der Waals surface area contributed by atoms with Gasteiger partial charge in [0, 0.05) is 31.0 Å². The van der Waals surface area contributed by atoms with Gasteiger partial charge in [-0.25, -0.2) is 8.42 Å². The van der Waals surface area contributed by atoms with Crippen LogP contribution in [0.5, 0.6) is 11.5 Å². The number of rotatable bonds is 3. The third kappa shape index (κ3) is 3.59. The molecule has 2 aliphatic rings. The van der Waals surface area contributed by atoms with Gasteiger partial charge in [-0.05, 0) is 55.3 Å². The molecule has 30 heavy (non-hydrogen) atoms. The fraction of sp³-hybridized carbons (Fsp3) is 0.409. The van der Waals surface area contributed by atoms with E-state index in [9.17, 15) is 13.2 Å². The normalized spacial score (nSPS) is 18.7. The van der Waals surface area contributed by atoms with Crippen molar-refractivity contribution in [3.63, 3.8) is 0 Å². The van der Waals surface area contributed by atoms with Crippen molar-refractivity contribution in [2.75, 3.05) is 20.2 Å². The number of ketones is 1. The summed E-state index contributed by atoms with van der Waals surface area (Å²) < 4.78 is 39.4. The summed E-state index contributed by atoms with van der Waals surface area (Å²) in [5.74, 6) is 0.901. The third-order valence-corrected chi connectivity index (χ3v) is 8.24. The molecule has 1 fully saturated rings. The predicted octanol–water partition coefficient (Wildman–Crippen LogP) is 4.15. The van der Waals surface area contributed by atoms with E-state index < -0.39 is 15.6 Å². The van der Waals surface area contributed by atoms with E-state index in [-0.39, 0.29) is 35.9 Å². The van der Waals surface area contributed by atoms with Crippen LogP contribution < -0.4 is 9.47 Å². The van der Waals surface area contributed by atoms with Gasteiger partial charge in [0.05, 0.1) is 19.1 Å². The number of ether oxygens (including phenoxy) is 2. The van der Waals surface area contributed by atoms with Crippen molar-refractivity contribution >= 4 is 27.4 Å². The van der Waals surface area contributed by atoms with Crippen molar-refractivity contribution in [2.24, 2.45) is 0 Å². The number of carbonyl (C=O) groups excluding carboxylic acids is 1. The summed E-state index contributed by atoms with van der Waals surface area (Å²) in [4.78, 5) is 12.8. The fourth-order valence-electron chi connectivity index (χ4n) is 4.15. The van der Waals surface area contributed by atoms with Crippen molar-refractivity contribution in [3.05, 3.63) is 52.0 Å². The van der Waals surface area contributed by atoms with Gasteiger partial charge < -0.3 is 9.47 Å². The number of hydrogen-bond donors (Lipinski definition) is 0. The molecule has 0 atom stereocenters. The number of benzene rings is 2. The minimum Gasteiger partial charge on any atom is -0.495 e. The van der Waals surface area contributed by atoms with Gasteiger partial charge in [0.15, 0.2) is 5.78 Å². The number of carbonyl (C=O) groups is 1. The van der Waals surface area contributed by atoms with Crippen LogP contribution in [0.1, 0.15) is 40.7 Å². The maximum atomic E-state index is 13.2. The standard InChI is InChI=1S/C22H24ClNO5S/c1-14-10-17-18(25)13-22(29-20(17)11-15(14)2)6-8-24(9-7-22)30(26,27)21-12-16(23)4-5-19(21)28-3/h4-5,10-12H,6-9,13H2,1-3H3. The molecule has 8 heteroatoms. The van der Waals surface area contributed by atoms with E-state index in [1.807, 2.05) is 26.0 Å². The average Bonchev–Trinajstić information content (AvgIpc) is 2.70. The lowest BCUT2D eigenvalue weighted by Crippen LogP contribution is -2.52. The molecule has 0 saturated carbocycles. The molecule has 0 radical (unpaired) electrons. The van der Waals surface area contributed by atoms with Crippen LogP contribution in [0.4, 0.5) is 0 Å². The average molecular weight is 450 g/mol. The van der Waals surface area contributed by atoms with Crippen LogP contribution in [-0.4, -0.2) is 44.3 Å². The Balaban J connectivity index is 1.57. The number of hydrogen-bond acceptors (Lipinski definition) is 5. The first-order chi connectivity index (χ1) is 14.1. The number of methoxy groups -OCH3 is 1. The SMILES string of the molecule is COc1ccc(Cl)cc1S(=O)(=O)N1CCC2(CC1)CC(=O)c1cc(C)c(C)cc1O2. The Morgan fingerprint density at radius 2 is 1.77 bits per heavy atom. The van der Waals surface area contributed by atoms with E-state index in [4.69, 9.17) is 21.1 Å². The number of fused-ring (bicyclic) bond motifs is 1. The molecule has 1 spiro atoms. The number of Topliss-reactive ketones (excluding diaryl/α,β-unsaturated/α-hetero) is 1. The van der Waals surface area contributed by atoms with Crippen LogP contribution in [-0.2, 0) is 10.0 Å². The van der Waals surface area contributed by atoms with Gasteiger partial charge in [0.2, 0.25) is 10.0 Å². The summed E-state index contributed by atoms with van der Waals surface area (Å²) in [6, 6.07) is 8.33. The Labute approximate surface area is 181 Å². The van der Waals surface area contributed by atoms with Crippen LogP contribution in [0.25, 0.3) is 0 Å². The van der Waals surface area contributed by atoms with E-state index >= 15 is 0 Å². The molecular weight excluding hydrogens is 426 g/mol. The van der Waals surface area contributed by atoms with Crippen molar-refractivity contribution in [1.29, 1.82) is 0 Å². The van der Waals surface area contributed by atoms with Gasteiger partial charge in [-0.15, -0.1) is 0 Å². The molecule has 2 aromatic rings. The lowest BCUT2D eigenvalue weighted by atomic mass is 9.82. The molecule has 0 aromatic heterocycles. The number of halogens is 1. The van der Waals surface area contributed by atoms with Gasteiger partial charge in [-0.1, -0.05) is 11.6 Å². The zero-order valence-corrected chi connectivity index (χ0v) is 18.8. The van der Waals surface area contributed by atoms with Crippen molar-refractivity contribution in [3.8, 4) is 11.5 Å². The Kier molecular flexibility index (Phi) is 5.33. The molecule has 6 nitrogen and oxygen atoms in total. The van der Waals surface area contributed by atoms with Gasteiger partial charge in [-0.2, -0.15) is 4.31 Å². The Morgan fingerprint density at radius 1 is 1.10 bits per heavy atom. The van der Waals surface area contributed by atoms with Gasteiger partial charge >= 0.3 is 0 Å². The summed E-state index contributed by atoms with van der Waals surface area (Å²) in [6.07, 6.45) is 1.14. The van der Waals surface area contributed by atoms with Crippen molar-refractivity contribution in [1.82, 2.24) is 4.31 Å². The van der Waals surface area contributed by atoms with E-state index in [1.165, 1.54) is 17.5 Å². The second-order valence-electron chi connectivity index (χ2n) is 8.02. The Morgan fingerprint density at radius 3 is 2.43 bits per heavy atom. The zero-order chi connectivity index (χ0) is 21.7. The lowest BCUT2D eigenvalue weighted by Gasteiger charge is -2.43. The molecule has 2 heterocycles. The first-order valence-corrected chi connectivity index (χ1v) is 11.6. The lowest BCUT2D eigenvalue weighted by molar-refractivity contribution is 0.00584. The molecule has 0 unspecified atom stereocenters. The Bertz CT molecular complexity index is 1120. The first-order valence-electron chi connectivity index (χ1n) is 9.82. The molecule has 0 aliphatic carbocycles. The summed E-state index contributed by atoms with van der Waals surface area (Å²) in [5, 5.41) is 0.325. The summed E-state index contributed by atoms with van der Waals surface area (Å²) >= 11 is 6.03. The zero-order valence-electron chi connectivity index (χ0n) is 17.2. The maximum absolute atomic E-state index is 13.2. The van der Waals surface area contributed by atoms with Crippen LogP contribution >= 0.6 is 11.6 Å². The molecule has 0 amide bonds. The van der Waals surface area contributed by atoms with Gasteiger partial charge in [-0.3, -0.25) is 4.79 Å². The quantitative estimate of drug-likeness (QED) is 0.703. The number of piperidine rings is 1. The maximum Gasteiger partial charge on any atom is 0.246 e. The number of sulfonamides is 1. The van der Waals surface area contributed by atoms with Crippen LogP contribution in [0.3, 0.4) is 0 Å². The fourth-order valence-corrected chi connectivity index (χ4v) is 6.01. The molecule has 0 N–H and O–H groups in total. The van der Waals surface area contributed by atoms with E-state index in [0.717, 1.165) is 11.1 Å². The number of nitrogens with zero attached hydrogens (tertiary/aromatic N) is 1. The smallest absolute Gasteiger partial charge is 0.246 e. The van der Waals surface area contributed by atoms with Gasteiger partial charge in [0.25, 0.3) is 0 Å². The Hall–Kier alpha value is -2.09. The third-order valence-electron chi connectivity index (χ3n) is 6.08. The summed E-state index contributed by atoms with van der Waals surface area (Å²) in [6.45, 7) is 4.47. The van der Waals surface area contributed by atoms with Crippen molar-refractivity contribution < 1.29 is 22.7 Å². The summed E-state index contributed by atoms with van der Waals surface area (Å²) in [7, 11) is -2.36. The molecule has 4 rings (SSSR count). The van der Waals surface area contributed by atoms with Crippen LogP contribution in [0.15, 0.2) is 35.2 Å². The van der Waals surface area contributed by atoms with Gasteiger partial charge in [0.1, 0.15) is 22.0 Å². The molecule has 2 aliphatic heterocycles. The minimum absolute atomic E-state index is 0.0468. The molecule has 2 aromatic carbocycles. The largest absolute Gasteiger partial charge is 0.495 e. The van der Waals surface area contributed by atoms with Crippen LogP contribution in [0, 0.1) is 13.8 Å². The topological polar surface area (TPSA) is 72.9 Å². The molecular formula is C22H24ClNO5S. The first kappa shape index (κ1) is 21.2. The molecule has 160 valence electrons. The van der Waals surface area contributed by atoms with Crippen LogP contribution in [0.2, 0.25) is 5.02 Å². The molecule has 1 saturated heterocycles. The van der Waals surface area contributed by atoms with E-state index in [0.29, 0.717) is 29.2 Å². The highest BCUT2D eigenvalue weighted by Gasteiger charge is 2.45. The highest BCUT2D eigenvalue weighted by molar-refractivity contribution is 7.89. The van der Waals surface area contributed by atoms with E-state index in [2.05, 4.69) is 0 Å².